The Morgan fingerprint density at radius 3 is 2.38 bits per heavy atom. The van der Waals surface area contributed by atoms with Gasteiger partial charge in [0, 0.05) is 22.7 Å². The van der Waals surface area contributed by atoms with Crippen molar-refractivity contribution >= 4 is 23.1 Å². The summed E-state index contributed by atoms with van der Waals surface area (Å²) in [6.07, 6.45) is 0.336. The molecule has 0 heterocycles. The molecule has 0 aliphatic rings. The van der Waals surface area contributed by atoms with Crippen LogP contribution in [0.25, 0.3) is 0 Å². The van der Waals surface area contributed by atoms with Gasteiger partial charge in [-0.2, -0.15) is 0 Å². The Labute approximate surface area is 158 Å². The highest BCUT2D eigenvalue weighted by molar-refractivity contribution is 6.30. The van der Waals surface area contributed by atoms with Gasteiger partial charge < -0.3 is 10.1 Å². The second-order valence-corrected chi connectivity index (χ2v) is 6.41. The van der Waals surface area contributed by atoms with E-state index in [0.29, 0.717) is 17.0 Å². The van der Waals surface area contributed by atoms with E-state index in [-0.39, 0.29) is 11.8 Å². The third kappa shape index (κ3) is 4.64. The maximum absolute atomic E-state index is 12.8. The number of halogens is 1. The van der Waals surface area contributed by atoms with Gasteiger partial charge in [-0.05, 0) is 48.0 Å². The molecule has 0 spiro atoms. The van der Waals surface area contributed by atoms with E-state index in [0.717, 1.165) is 17.0 Å². The third-order valence-corrected chi connectivity index (χ3v) is 4.40. The van der Waals surface area contributed by atoms with Crippen LogP contribution in [0.2, 0.25) is 5.02 Å². The van der Waals surface area contributed by atoms with E-state index in [4.69, 9.17) is 16.3 Å². The molecule has 4 heteroatoms. The van der Waals surface area contributed by atoms with Gasteiger partial charge in [-0.25, -0.2) is 0 Å². The number of rotatable bonds is 7. The van der Waals surface area contributed by atoms with Crippen molar-refractivity contribution in [3.05, 3.63) is 95.0 Å². The Morgan fingerprint density at radius 2 is 1.73 bits per heavy atom. The fourth-order valence-electron chi connectivity index (χ4n) is 2.80. The summed E-state index contributed by atoms with van der Waals surface area (Å²) in [5.74, 6) is 0.800. The minimum Gasteiger partial charge on any atom is -0.497 e. The minimum atomic E-state index is -0.149. The van der Waals surface area contributed by atoms with Crippen molar-refractivity contribution in [2.45, 2.75) is 12.5 Å². The van der Waals surface area contributed by atoms with Crippen LogP contribution >= 0.6 is 11.6 Å². The van der Waals surface area contributed by atoms with Crippen LogP contribution in [-0.4, -0.2) is 12.9 Å². The number of ether oxygens (including phenoxy) is 1. The first kappa shape index (κ1) is 18.0. The molecular weight excluding hydrogens is 346 g/mol. The topological polar surface area (TPSA) is 38.3 Å². The van der Waals surface area contributed by atoms with Crippen molar-refractivity contribution in [3.63, 3.8) is 0 Å². The molecule has 1 atom stereocenters. The number of carbonyl (C=O) groups excluding carboxylic acids is 1. The minimum absolute atomic E-state index is 0.0658. The molecule has 1 N–H and O–H groups in total. The summed E-state index contributed by atoms with van der Waals surface area (Å²) in [5, 5.41) is 4.09. The fourth-order valence-corrected chi connectivity index (χ4v) is 2.99. The molecule has 3 aromatic rings. The molecule has 3 nitrogen and oxygen atoms in total. The summed E-state index contributed by atoms with van der Waals surface area (Å²) in [6, 6.07) is 24.5. The molecule has 0 amide bonds. The van der Waals surface area contributed by atoms with Crippen LogP contribution in [0, 0.1) is 0 Å². The van der Waals surface area contributed by atoms with Gasteiger partial charge in [-0.3, -0.25) is 4.79 Å². The van der Waals surface area contributed by atoms with E-state index >= 15 is 0 Å². The number of nitrogens with one attached hydrogen (secondary N) is 1. The van der Waals surface area contributed by atoms with E-state index in [1.807, 2.05) is 54.6 Å². The lowest BCUT2D eigenvalue weighted by molar-refractivity contribution is 0.0976. The molecule has 0 radical (unpaired) electrons. The number of ketones is 1. The average Bonchev–Trinajstić information content (AvgIpc) is 2.68. The number of methoxy groups -OCH3 is 1. The SMILES string of the molecule is COc1ccc(C(=O)CC(Nc2cccc(Cl)c2)c2ccccc2)cc1. The van der Waals surface area contributed by atoms with Gasteiger partial charge in [0.15, 0.2) is 5.78 Å². The van der Waals surface area contributed by atoms with Crippen molar-refractivity contribution in [2.24, 2.45) is 0 Å². The summed E-state index contributed by atoms with van der Waals surface area (Å²) in [5.41, 5.74) is 2.60. The van der Waals surface area contributed by atoms with Crippen LogP contribution in [0.1, 0.15) is 28.4 Å². The number of anilines is 1. The molecule has 0 saturated heterocycles. The summed E-state index contributed by atoms with van der Waals surface area (Å²) in [4.78, 5) is 12.8. The standard InChI is InChI=1S/C22H20ClNO2/c1-26-20-12-10-17(11-13-20)22(25)15-21(16-6-3-2-4-7-16)24-19-9-5-8-18(23)14-19/h2-14,21,24H,15H2,1H3. The largest absolute Gasteiger partial charge is 0.497 e. The lowest BCUT2D eigenvalue weighted by atomic mass is 9.97. The van der Waals surface area contributed by atoms with Crippen LogP contribution in [-0.2, 0) is 0 Å². The molecule has 3 aromatic carbocycles. The number of carbonyl (C=O) groups is 1. The van der Waals surface area contributed by atoms with E-state index in [9.17, 15) is 4.79 Å². The van der Waals surface area contributed by atoms with E-state index < -0.39 is 0 Å². The zero-order chi connectivity index (χ0) is 18.4. The van der Waals surface area contributed by atoms with Gasteiger partial charge in [0.25, 0.3) is 0 Å². The molecule has 3 rings (SSSR count). The van der Waals surface area contributed by atoms with Crippen LogP contribution in [0.5, 0.6) is 5.75 Å². The Kier molecular flexibility index (Phi) is 5.92. The monoisotopic (exact) mass is 365 g/mol. The van der Waals surface area contributed by atoms with Crippen LogP contribution in [0.4, 0.5) is 5.69 Å². The first-order chi connectivity index (χ1) is 12.7. The van der Waals surface area contributed by atoms with E-state index in [2.05, 4.69) is 5.32 Å². The lowest BCUT2D eigenvalue weighted by Gasteiger charge is -2.20. The van der Waals surface area contributed by atoms with Gasteiger partial charge in [0.2, 0.25) is 0 Å². The highest BCUT2D eigenvalue weighted by Gasteiger charge is 2.17. The third-order valence-electron chi connectivity index (χ3n) is 4.17. The predicted octanol–water partition coefficient (Wildman–Crippen LogP) is 5.77. The van der Waals surface area contributed by atoms with Crippen molar-refractivity contribution in [1.29, 1.82) is 0 Å². The number of hydrogen-bond donors (Lipinski definition) is 1. The predicted molar refractivity (Wildman–Crippen MR) is 106 cm³/mol. The van der Waals surface area contributed by atoms with Gasteiger partial charge in [0.05, 0.1) is 13.2 Å². The molecule has 1 unspecified atom stereocenters. The summed E-state index contributed by atoms with van der Waals surface area (Å²) >= 11 is 6.09. The zero-order valence-electron chi connectivity index (χ0n) is 14.5. The molecule has 0 fully saturated rings. The number of Topliss-reactive ketones (excluding diaryl/α,β-unsaturated/α-hetero) is 1. The number of benzene rings is 3. The van der Waals surface area contributed by atoms with Crippen molar-refractivity contribution in [1.82, 2.24) is 0 Å². The zero-order valence-corrected chi connectivity index (χ0v) is 15.2. The first-order valence-electron chi connectivity index (χ1n) is 8.40. The van der Waals surface area contributed by atoms with Gasteiger partial charge in [-0.15, -0.1) is 0 Å². The molecule has 0 bridgehead atoms. The summed E-state index contributed by atoms with van der Waals surface area (Å²) < 4.78 is 5.15. The average molecular weight is 366 g/mol. The summed E-state index contributed by atoms with van der Waals surface area (Å²) in [6.45, 7) is 0. The van der Waals surface area contributed by atoms with Gasteiger partial charge in [0.1, 0.15) is 5.75 Å². The fraction of sp³-hybridized carbons (Fsp3) is 0.136. The second-order valence-electron chi connectivity index (χ2n) is 5.97. The molecule has 0 aliphatic carbocycles. The number of hydrogen-bond acceptors (Lipinski definition) is 3. The van der Waals surface area contributed by atoms with Gasteiger partial charge >= 0.3 is 0 Å². The maximum atomic E-state index is 12.8. The highest BCUT2D eigenvalue weighted by atomic mass is 35.5. The maximum Gasteiger partial charge on any atom is 0.165 e. The van der Waals surface area contributed by atoms with Crippen molar-refractivity contribution in [3.8, 4) is 5.75 Å². The molecule has 26 heavy (non-hydrogen) atoms. The Hall–Kier alpha value is -2.78. The Balaban J connectivity index is 1.82. The quantitative estimate of drug-likeness (QED) is 0.540. The molecule has 0 saturated carbocycles. The smallest absolute Gasteiger partial charge is 0.165 e. The summed E-state index contributed by atoms with van der Waals surface area (Å²) in [7, 11) is 1.61. The lowest BCUT2D eigenvalue weighted by Crippen LogP contribution is -2.15. The Bertz CT molecular complexity index is 863. The van der Waals surface area contributed by atoms with Crippen LogP contribution in [0.3, 0.4) is 0 Å². The van der Waals surface area contributed by atoms with Crippen molar-refractivity contribution in [2.75, 3.05) is 12.4 Å². The van der Waals surface area contributed by atoms with Crippen LogP contribution in [0.15, 0.2) is 78.9 Å². The molecule has 0 aliphatic heterocycles. The van der Waals surface area contributed by atoms with E-state index in [1.165, 1.54) is 0 Å². The van der Waals surface area contributed by atoms with Gasteiger partial charge in [-0.1, -0.05) is 48.0 Å². The van der Waals surface area contributed by atoms with E-state index in [1.54, 1.807) is 31.4 Å². The Morgan fingerprint density at radius 1 is 1.00 bits per heavy atom. The molecular formula is C22H20ClNO2. The molecule has 132 valence electrons. The normalized spacial score (nSPS) is 11.6. The first-order valence-corrected chi connectivity index (χ1v) is 8.78. The van der Waals surface area contributed by atoms with Crippen molar-refractivity contribution < 1.29 is 9.53 Å². The molecule has 0 aromatic heterocycles. The second kappa shape index (κ2) is 8.54. The van der Waals surface area contributed by atoms with Crippen LogP contribution < -0.4 is 10.1 Å². The highest BCUT2D eigenvalue weighted by Crippen LogP contribution is 2.26.